The van der Waals surface area contributed by atoms with Crippen LogP contribution < -0.4 is 16.4 Å². The average Bonchev–Trinajstić information content (AvgIpc) is 3.47. The molecule has 2 atom stereocenters. The van der Waals surface area contributed by atoms with Gasteiger partial charge in [-0.25, -0.2) is 0 Å². The summed E-state index contributed by atoms with van der Waals surface area (Å²) in [6.45, 7) is 6.08. The van der Waals surface area contributed by atoms with Gasteiger partial charge in [-0.1, -0.05) is 63.2 Å². The second-order valence-electron chi connectivity index (χ2n) is 10.4. The van der Waals surface area contributed by atoms with Crippen molar-refractivity contribution in [3.63, 3.8) is 0 Å². The lowest BCUT2D eigenvalue weighted by atomic mass is 9.83. The van der Waals surface area contributed by atoms with Crippen molar-refractivity contribution in [1.29, 1.82) is 0 Å². The number of fused-ring (bicyclic) bond motifs is 1. The topological polar surface area (TPSA) is 139 Å². The van der Waals surface area contributed by atoms with E-state index in [1.807, 2.05) is 42.5 Å². The summed E-state index contributed by atoms with van der Waals surface area (Å²) in [5.74, 6) is -4.70. The lowest BCUT2D eigenvalue weighted by Crippen LogP contribution is -2.60. The zero-order chi connectivity index (χ0) is 27.9. The molecule has 0 bridgehead atoms. The Hall–Kier alpha value is -3.14. The summed E-state index contributed by atoms with van der Waals surface area (Å²) < 4.78 is 0. The largest absolute Gasteiger partial charge is 0.354 e. The fourth-order valence-corrected chi connectivity index (χ4v) is 4.45. The number of hydrogen-bond acceptors (Lipinski definition) is 7. The van der Waals surface area contributed by atoms with Gasteiger partial charge in [-0.2, -0.15) is 0 Å². The Morgan fingerprint density at radius 1 is 1.10 bits per heavy atom. The van der Waals surface area contributed by atoms with Crippen LogP contribution in [0.2, 0.25) is 0 Å². The minimum Gasteiger partial charge on any atom is -0.354 e. The molecule has 1 heterocycles. The van der Waals surface area contributed by atoms with Crippen LogP contribution >= 0.6 is 12.4 Å². The van der Waals surface area contributed by atoms with Gasteiger partial charge in [0.15, 0.2) is 0 Å². The maximum Gasteiger partial charge on any atom is 0.305 e. The van der Waals surface area contributed by atoms with Crippen molar-refractivity contribution in [2.24, 2.45) is 11.1 Å². The Kier molecular flexibility index (Phi) is 11.8. The van der Waals surface area contributed by atoms with Gasteiger partial charge >= 0.3 is 5.91 Å². The highest BCUT2D eigenvalue weighted by molar-refractivity contribution is 6.65. The number of nitrogens with one attached hydrogen (secondary N) is 2. The molecule has 0 radical (unpaired) electrons. The van der Waals surface area contributed by atoms with E-state index in [9.17, 15) is 24.0 Å². The quantitative estimate of drug-likeness (QED) is 0.206. The molecule has 1 aliphatic heterocycles. The molecular formula is C29H39ClN4O5. The molecule has 1 aliphatic rings. The number of nitrogens with zero attached hydrogens (tertiary/aromatic N) is 1. The van der Waals surface area contributed by atoms with Crippen molar-refractivity contribution in [1.82, 2.24) is 15.5 Å². The van der Waals surface area contributed by atoms with Crippen LogP contribution in [0.15, 0.2) is 42.5 Å². The van der Waals surface area contributed by atoms with E-state index < -0.39 is 46.8 Å². The molecule has 1 saturated heterocycles. The van der Waals surface area contributed by atoms with Crippen molar-refractivity contribution in [3.8, 4) is 0 Å². The molecule has 0 spiro atoms. The summed E-state index contributed by atoms with van der Waals surface area (Å²) in [6.07, 6.45) is 2.00. The van der Waals surface area contributed by atoms with Crippen molar-refractivity contribution in [3.05, 3.63) is 48.0 Å². The molecule has 0 unspecified atom stereocenters. The summed E-state index contributed by atoms with van der Waals surface area (Å²) in [4.78, 5) is 67.6. The normalized spacial score (nSPS) is 15.7. The van der Waals surface area contributed by atoms with Crippen LogP contribution in [0.1, 0.15) is 52.0 Å². The zero-order valence-corrected chi connectivity index (χ0v) is 23.6. The Bertz CT molecular complexity index is 1210. The Morgan fingerprint density at radius 3 is 2.41 bits per heavy atom. The predicted molar refractivity (Wildman–Crippen MR) is 152 cm³/mol. The van der Waals surface area contributed by atoms with Crippen LogP contribution in [0.4, 0.5) is 0 Å². The third kappa shape index (κ3) is 7.71. The summed E-state index contributed by atoms with van der Waals surface area (Å²) in [5, 5.41) is 7.73. The predicted octanol–water partition coefficient (Wildman–Crippen LogP) is 2.32. The molecule has 2 aromatic carbocycles. The maximum atomic E-state index is 13.7. The molecule has 4 N–H and O–H groups in total. The number of rotatable bonds is 12. The number of ketones is 2. The van der Waals surface area contributed by atoms with Crippen LogP contribution in [0.25, 0.3) is 10.8 Å². The minimum absolute atomic E-state index is 0. The number of benzene rings is 2. The first-order valence-corrected chi connectivity index (χ1v) is 13.3. The first kappa shape index (κ1) is 32.1. The third-order valence-electron chi connectivity index (χ3n) is 7.25. The molecule has 3 amide bonds. The molecule has 2 aromatic rings. The second kappa shape index (κ2) is 14.3. The van der Waals surface area contributed by atoms with Gasteiger partial charge in [0, 0.05) is 18.4 Å². The first-order valence-electron chi connectivity index (χ1n) is 13.3. The number of hydrogen-bond donors (Lipinski definition) is 3. The molecular weight excluding hydrogens is 520 g/mol. The van der Waals surface area contributed by atoms with Crippen molar-refractivity contribution < 1.29 is 24.0 Å². The zero-order valence-electron chi connectivity index (χ0n) is 22.8. The van der Waals surface area contributed by atoms with E-state index >= 15 is 0 Å². The number of Topliss-reactive ketones (excluding diaryl/α,β-unsaturated/α-hetero) is 2. The molecule has 0 saturated carbocycles. The highest BCUT2D eigenvalue weighted by Crippen LogP contribution is 2.24. The molecule has 39 heavy (non-hydrogen) atoms. The van der Waals surface area contributed by atoms with Gasteiger partial charge in [0.2, 0.25) is 17.6 Å². The number of nitrogens with two attached hydrogens (primary N) is 1. The van der Waals surface area contributed by atoms with Gasteiger partial charge < -0.3 is 16.4 Å². The smallest absolute Gasteiger partial charge is 0.305 e. The second-order valence-corrected chi connectivity index (χ2v) is 10.4. The van der Waals surface area contributed by atoms with Crippen LogP contribution in [0, 0.1) is 5.41 Å². The van der Waals surface area contributed by atoms with E-state index in [0.29, 0.717) is 44.3 Å². The SMILES string of the molecule is CCC(C)(C)C(=O)C(=O)C(=O)N(C(=O)[C@@H]1CCCN1)[C@H](Cc1ccc2ccccc2c1)C(=O)NCCCN.Cl. The minimum atomic E-state index is -1.32. The van der Waals surface area contributed by atoms with Crippen LogP contribution in [-0.4, -0.2) is 65.9 Å². The molecule has 0 aromatic heterocycles. The van der Waals surface area contributed by atoms with Crippen LogP contribution in [0.5, 0.6) is 0 Å². The average molecular weight is 559 g/mol. The van der Waals surface area contributed by atoms with Crippen molar-refractivity contribution in [2.75, 3.05) is 19.6 Å². The summed E-state index contributed by atoms with van der Waals surface area (Å²) in [6, 6.07) is 11.3. The number of imide groups is 1. The van der Waals surface area contributed by atoms with Gasteiger partial charge in [0.05, 0.1) is 6.04 Å². The Balaban J connectivity index is 0.00000533. The fourth-order valence-electron chi connectivity index (χ4n) is 4.45. The lowest BCUT2D eigenvalue weighted by Gasteiger charge is -2.31. The maximum absolute atomic E-state index is 13.7. The molecule has 0 aliphatic carbocycles. The highest BCUT2D eigenvalue weighted by Gasteiger charge is 2.45. The third-order valence-corrected chi connectivity index (χ3v) is 7.25. The van der Waals surface area contributed by atoms with Crippen LogP contribution in [-0.2, 0) is 30.4 Å². The number of amides is 3. The van der Waals surface area contributed by atoms with E-state index in [4.69, 9.17) is 5.73 Å². The van der Waals surface area contributed by atoms with E-state index in [1.165, 1.54) is 0 Å². The molecule has 9 nitrogen and oxygen atoms in total. The Labute approximate surface area is 235 Å². The van der Waals surface area contributed by atoms with E-state index in [-0.39, 0.29) is 25.4 Å². The number of carbonyl (C=O) groups is 5. The standard InChI is InChI=1S/C29H38N4O5.ClH/c1-4-29(2,3)25(35)24(34)28(38)33(27(37)22-11-7-15-31-22)23(26(36)32-16-8-14-30)18-19-12-13-20-9-5-6-10-21(20)17-19;/h5-6,9-10,12-13,17,22-23,31H,4,7-8,11,14-16,18,30H2,1-3H3,(H,32,36);1H/t22-,23+;/m0./s1. The highest BCUT2D eigenvalue weighted by atomic mass is 35.5. The summed E-state index contributed by atoms with van der Waals surface area (Å²) in [5.41, 5.74) is 5.20. The Morgan fingerprint density at radius 2 is 1.79 bits per heavy atom. The van der Waals surface area contributed by atoms with E-state index in [2.05, 4.69) is 10.6 Å². The summed E-state index contributed by atoms with van der Waals surface area (Å²) in [7, 11) is 0. The summed E-state index contributed by atoms with van der Waals surface area (Å²) >= 11 is 0. The van der Waals surface area contributed by atoms with Gasteiger partial charge in [0.25, 0.3) is 5.78 Å². The first-order chi connectivity index (χ1) is 18.1. The van der Waals surface area contributed by atoms with Gasteiger partial charge in [-0.05, 0) is 55.1 Å². The molecule has 10 heteroatoms. The number of halogens is 1. The van der Waals surface area contributed by atoms with E-state index in [0.717, 1.165) is 15.7 Å². The molecule has 1 fully saturated rings. The monoisotopic (exact) mass is 558 g/mol. The van der Waals surface area contributed by atoms with Crippen LogP contribution in [0.3, 0.4) is 0 Å². The molecule has 3 rings (SSSR count). The lowest BCUT2D eigenvalue weighted by molar-refractivity contribution is -0.160. The number of carbonyl (C=O) groups excluding carboxylic acids is 5. The van der Waals surface area contributed by atoms with Crippen molar-refractivity contribution in [2.45, 2.75) is 65.0 Å². The van der Waals surface area contributed by atoms with Gasteiger partial charge in [0.1, 0.15) is 6.04 Å². The van der Waals surface area contributed by atoms with Gasteiger partial charge in [-0.3, -0.25) is 28.9 Å². The molecule has 212 valence electrons. The van der Waals surface area contributed by atoms with Crippen molar-refractivity contribution >= 4 is 52.5 Å². The van der Waals surface area contributed by atoms with E-state index in [1.54, 1.807) is 20.8 Å². The van der Waals surface area contributed by atoms with Gasteiger partial charge in [-0.15, -0.1) is 12.4 Å². The fraction of sp³-hybridized carbons (Fsp3) is 0.483.